The van der Waals surface area contributed by atoms with E-state index in [0.29, 0.717) is 18.1 Å². The number of carboxylic acids is 1. The maximum atomic E-state index is 11.9. The predicted molar refractivity (Wildman–Crippen MR) is 105 cm³/mol. The zero-order valence-corrected chi connectivity index (χ0v) is 17.1. The van der Waals surface area contributed by atoms with Gasteiger partial charge in [0.25, 0.3) is 0 Å². The van der Waals surface area contributed by atoms with Crippen LogP contribution in [0.5, 0.6) is 0 Å². The van der Waals surface area contributed by atoms with Gasteiger partial charge in [0.15, 0.2) is 0 Å². The van der Waals surface area contributed by atoms with Crippen LogP contribution in [0.2, 0.25) is 0 Å². The van der Waals surface area contributed by atoms with E-state index in [-0.39, 0.29) is 12.2 Å². The molecule has 0 aromatic heterocycles. The summed E-state index contributed by atoms with van der Waals surface area (Å²) in [7, 11) is 0. The van der Waals surface area contributed by atoms with Gasteiger partial charge in [0.1, 0.15) is 5.79 Å². The molecule has 1 N–H and O–H groups in total. The third kappa shape index (κ3) is 4.26. The van der Waals surface area contributed by atoms with Gasteiger partial charge in [-0.3, -0.25) is 19.5 Å². The molecule has 3 aliphatic rings. The van der Waals surface area contributed by atoms with Crippen molar-refractivity contribution in [3.63, 3.8) is 0 Å². The van der Waals surface area contributed by atoms with Gasteiger partial charge in [0.2, 0.25) is 0 Å². The van der Waals surface area contributed by atoms with Crippen molar-refractivity contribution in [3.8, 4) is 0 Å². The Morgan fingerprint density at radius 3 is 1.42 bits per heavy atom. The molecule has 3 heterocycles. The highest BCUT2D eigenvalue weighted by Crippen LogP contribution is 2.51. The van der Waals surface area contributed by atoms with Crippen LogP contribution in [0.3, 0.4) is 0 Å². The first-order valence-corrected chi connectivity index (χ1v) is 11.1. The number of hydrogen-bond donors (Lipinski definition) is 1. The van der Waals surface area contributed by atoms with Gasteiger partial charge >= 0.3 is 5.97 Å². The van der Waals surface area contributed by atoms with Gasteiger partial charge in [-0.2, -0.15) is 0 Å². The molecule has 5 heteroatoms. The van der Waals surface area contributed by atoms with Crippen molar-refractivity contribution >= 4 is 5.97 Å². The third-order valence-corrected chi connectivity index (χ3v) is 6.58. The van der Waals surface area contributed by atoms with Gasteiger partial charge in [0.05, 0.1) is 6.42 Å². The number of hydrogen-bond acceptors (Lipinski definition) is 4. The lowest BCUT2D eigenvalue weighted by Gasteiger charge is -2.39. The summed E-state index contributed by atoms with van der Waals surface area (Å²) in [4.78, 5) is 19.5. The predicted octanol–water partition coefficient (Wildman–Crippen LogP) is 3.74. The highest BCUT2D eigenvalue weighted by Gasteiger charge is 2.67. The van der Waals surface area contributed by atoms with E-state index in [9.17, 15) is 9.90 Å². The van der Waals surface area contributed by atoms with Gasteiger partial charge in [-0.1, -0.05) is 59.3 Å². The van der Waals surface area contributed by atoms with Crippen molar-refractivity contribution in [2.75, 3.05) is 19.6 Å². The fraction of sp³-hybridized carbons (Fsp3) is 0.952. The molecule has 0 aromatic carbocycles. The number of rotatable bonds is 14. The Bertz CT molecular complexity index is 429. The van der Waals surface area contributed by atoms with E-state index in [2.05, 4.69) is 35.5 Å². The third-order valence-electron chi connectivity index (χ3n) is 6.58. The first kappa shape index (κ1) is 20.1. The van der Waals surface area contributed by atoms with E-state index < -0.39 is 5.97 Å². The molecular formula is C21H39N3O2. The van der Waals surface area contributed by atoms with Crippen molar-refractivity contribution in [3.05, 3.63) is 0 Å². The molecule has 3 saturated heterocycles. The van der Waals surface area contributed by atoms with Crippen LogP contribution in [-0.4, -0.2) is 69.3 Å². The summed E-state index contributed by atoms with van der Waals surface area (Å²) in [6.07, 6.45) is 11.3. The summed E-state index contributed by atoms with van der Waals surface area (Å²) in [5, 5.41) is 9.79. The van der Waals surface area contributed by atoms with Crippen molar-refractivity contribution in [2.24, 2.45) is 0 Å². The lowest BCUT2D eigenvalue weighted by Crippen LogP contribution is -2.56. The average Bonchev–Trinajstić information content (AvgIpc) is 3.49. The Labute approximate surface area is 159 Å². The molecular weight excluding hydrogens is 326 g/mol. The summed E-state index contributed by atoms with van der Waals surface area (Å²) in [6, 6.07) is 1.78. The smallest absolute Gasteiger partial charge is 0.308 e. The molecule has 6 unspecified atom stereocenters. The molecule has 0 bridgehead atoms. The molecule has 150 valence electrons. The lowest BCUT2D eigenvalue weighted by atomic mass is 10.1. The van der Waals surface area contributed by atoms with E-state index >= 15 is 0 Å². The zero-order chi connectivity index (χ0) is 18.7. The summed E-state index contributed by atoms with van der Waals surface area (Å²) in [6.45, 7) is 9.98. The van der Waals surface area contributed by atoms with Gasteiger partial charge in [-0.05, 0) is 19.3 Å². The van der Waals surface area contributed by atoms with Gasteiger partial charge in [0, 0.05) is 37.8 Å². The summed E-state index contributed by atoms with van der Waals surface area (Å²) in [5.41, 5.74) is 0. The number of aliphatic carboxylic acids is 1. The minimum atomic E-state index is -0.645. The zero-order valence-electron chi connectivity index (χ0n) is 17.1. The topological polar surface area (TPSA) is 46.3 Å². The molecule has 5 nitrogen and oxygen atoms in total. The second kappa shape index (κ2) is 8.57. The molecule has 3 aliphatic heterocycles. The molecule has 0 radical (unpaired) electrons. The Kier molecular flexibility index (Phi) is 6.63. The van der Waals surface area contributed by atoms with Gasteiger partial charge in [-0.25, -0.2) is 0 Å². The van der Waals surface area contributed by atoms with Crippen molar-refractivity contribution in [1.82, 2.24) is 14.7 Å². The molecule has 3 rings (SSSR count). The van der Waals surface area contributed by atoms with Crippen LogP contribution in [-0.2, 0) is 4.79 Å². The van der Waals surface area contributed by atoms with Crippen molar-refractivity contribution in [1.29, 1.82) is 0 Å². The minimum absolute atomic E-state index is 0.251. The van der Waals surface area contributed by atoms with Crippen LogP contribution in [0.1, 0.15) is 85.0 Å². The standard InChI is InChI=1S/C21H39N3O2/c1-4-7-10-17-14-22(17)21(13-20(25)26,23-15-18(23)11-8-5-2)24-16-19(24)12-9-6-3/h17-19H,4-16H2,1-3H3,(H,25,26). The van der Waals surface area contributed by atoms with E-state index in [1.54, 1.807) is 0 Å². The first-order valence-electron chi connectivity index (χ1n) is 11.1. The van der Waals surface area contributed by atoms with E-state index in [1.807, 2.05) is 0 Å². The second-order valence-electron chi connectivity index (χ2n) is 8.69. The van der Waals surface area contributed by atoms with E-state index in [0.717, 1.165) is 19.6 Å². The Morgan fingerprint density at radius 2 is 1.15 bits per heavy atom. The summed E-state index contributed by atoms with van der Waals surface area (Å²) in [5.74, 6) is -0.977. The molecule has 0 aliphatic carbocycles. The number of nitrogens with zero attached hydrogens (tertiary/aromatic N) is 3. The number of unbranched alkanes of at least 4 members (excludes halogenated alkanes) is 3. The fourth-order valence-corrected chi connectivity index (χ4v) is 4.92. The Morgan fingerprint density at radius 1 is 0.808 bits per heavy atom. The molecule has 0 amide bonds. The molecule has 3 fully saturated rings. The van der Waals surface area contributed by atoms with E-state index in [1.165, 1.54) is 57.8 Å². The monoisotopic (exact) mass is 365 g/mol. The first-order chi connectivity index (χ1) is 12.6. The molecule has 6 atom stereocenters. The normalized spacial score (nSPS) is 37.2. The van der Waals surface area contributed by atoms with Crippen LogP contribution in [0, 0.1) is 0 Å². The van der Waals surface area contributed by atoms with Crippen molar-refractivity contribution < 1.29 is 9.90 Å². The largest absolute Gasteiger partial charge is 0.481 e. The molecule has 0 aromatic rings. The van der Waals surface area contributed by atoms with Crippen LogP contribution in [0.25, 0.3) is 0 Å². The maximum absolute atomic E-state index is 11.9. The van der Waals surface area contributed by atoms with Crippen LogP contribution in [0.4, 0.5) is 0 Å². The highest BCUT2D eigenvalue weighted by atomic mass is 16.4. The van der Waals surface area contributed by atoms with E-state index in [4.69, 9.17) is 0 Å². The highest BCUT2D eigenvalue weighted by molar-refractivity contribution is 5.68. The molecule has 0 saturated carbocycles. The minimum Gasteiger partial charge on any atom is -0.481 e. The van der Waals surface area contributed by atoms with Crippen LogP contribution < -0.4 is 0 Å². The summed E-state index contributed by atoms with van der Waals surface area (Å²) >= 11 is 0. The quantitative estimate of drug-likeness (QED) is 0.475. The molecule has 26 heavy (non-hydrogen) atoms. The SMILES string of the molecule is CCCCC1CN1C(CC(=O)O)(N1CC1CCCC)N1CC1CCCC. The van der Waals surface area contributed by atoms with Gasteiger partial charge < -0.3 is 5.11 Å². The van der Waals surface area contributed by atoms with Crippen molar-refractivity contribution in [2.45, 2.75) is 109 Å². The van der Waals surface area contributed by atoms with Crippen LogP contribution >= 0.6 is 0 Å². The van der Waals surface area contributed by atoms with Crippen LogP contribution in [0.15, 0.2) is 0 Å². The molecule has 0 spiro atoms. The van der Waals surface area contributed by atoms with Gasteiger partial charge in [-0.15, -0.1) is 0 Å². The Balaban J connectivity index is 1.74. The fourth-order valence-electron chi connectivity index (χ4n) is 4.92. The number of carboxylic acid groups (broad SMARTS) is 1. The lowest BCUT2D eigenvalue weighted by molar-refractivity contribution is -0.146. The maximum Gasteiger partial charge on any atom is 0.308 e. The summed E-state index contributed by atoms with van der Waals surface area (Å²) < 4.78 is 0. The number of carbonyl (C=O) groups is 1. The average molecular weight is 366 g/mol. The Hall–Kier alpha value is -0.650. The second-order valence-corrected chi connectivity index (χ2v) is 8.69.